The highest BCUT2D eigenvalue weighted by atomic mass is 14.4. The molecule has 11 rings (SSSR count). The fourth-order valence-electron chi connectivity index (χ4n) is 10.2. The maximum absolute atomic E-state index is 2.54. The zero-order valence-corrected chi connectivity index (χ0v) is 30.0. The van der Waals surface area contributed by atoms with Crippen LogP contribution in [0.5, 0.6) is 0 Å². The molecule has 0 heteroatoms. The van der Waals surface area contributed by atoms with E-state index in [0.29, 0.717) is 0 Å². The van der Waals surface area contributed by atoms with E-state index in [0.717, 1.165) is 0 Å². The van der Waals surface area contributed by atoms with Gasteiger partial charge in [0.05, 0.1) is 0 Å². The van der Waals surface area contributed by atoms with E-state index in [1.165, 1.54) is 110 Å². The lowest BCUT2D eigenvalue weighted by atomic mass is 9.76. The Morgan fingerprint density at radius 1 is 0.288 bits per heavy atom. The standard InChI is InChI=1S/C52H38/c1-51(2)44-27-14-13-24-40(44)49-34-19-8-7-18-33(34)43(30-46(49)51)48-37-22-11-9-20-35(37)47(36-21-10-12-23-38(36)48)41-26-15-25-39-42-28-31-16-5-6-17-32(31)29-45(42)52(3,4)50(39)41/h5-30H,1-4H3. The van der Waals surface area contributed by atoms with Crippen molar-refractivity contribution in [1.29, 1.82) is 0 Å². The first-order chi connectivity index (χ1) is 25.3. The van der Waals surface area contributed by atoms with Crippen molar-refractivity contribution in [1.82, 2.24) is 0 Å². The van der Waals surface area contributed by atoms with Gasteiger partial charge in [0.25, 0.3) is 0 Å². The van der Waals surface area contributed by atoms with E-state index >= 15 is 0 Å². The molecule has 246 valence electrons. The highest BCUT2D eigenvalue weighted by Crippen LogP contribution is 2.57. The Kier molecular flexibility index (Phi) is 5.89. The third kappa shape index (κ3) is 3.77. The molecule has 0 N–H and O–H groups in total. The van der Waals surface area contributed by atoms with Gasteiger partial charge in [-0.15, -0.1) is 0 Å². The topological polar surface area (TPSA) is 0 Å². The van der Waals surface area contributed by atoms with E-state index < -0.39 is 0 Å². The fraction of sp³-hybridized carbons (Fsp3) is 0.115. The summed E-state index contributed by atoms with van der Waals surface area (Å²) in [5.74, 6) is 0. The monoisotopic (exact) mass is 662 g/mol. The molecule has 0 saturated heterocycles. The van der Waals surface area contributed by atoms with Gasteiger partial charge in [0, 0.05) is 10.8 Å². The van der Waals surface area contributed by atoms with Crippen molar-refractivity contribution < 1.29 is 0 Å². The van der Waals surface area contributed by atoms with Gasteiger partial charge in [-0.3, -0.25) is 0 Å². The van der Waals surface area contributed by atoms with Crippen LogP contribution in [0.25, 0.3) is 87.6 Å². The molecular weight excluding hydrogens is 625 g/mol. The zero-order chi connectivity index (χ0) is 34.9. The van der Waals surface area contributed by atoms with Crippen LogP contribution in [0.1, 0.15) is 49.9 Å². The number of rotatable bonds is 2. The second-order valence-electron chi connectivity index (χ2n) is 16.0. The van der Waals surface area contributed by atoms with Crippen LogP contribution in [0.3, 0.4) is 0 Å². The number of fused-ring (bicyclic) bond motifs is 11. The summed E-state index contributed by atoms with van der Waals surface area (Å²) in [7, 11) is 0. The van der Waals surface area contributed by atoms with Crippen LogP contribution in [-0.4, -0.2) is 0 Å². The molecular formula is C52H38. The first-order valence-electron chi connectivity index (χ1n) is 18.6. The summed E-state index contributed by atoms with van der Waals surface area (Å²) in [6.45, 7) is 9.64. The number of hydrogen-bond acceptors (Lipinski definition) is 0. The zero-order valence-electron chi connectivity index (χ0n) is 30.0. The largest absolute Gasteiger partial charge is 0.0619 e. The average molecular weight is 663 g/mol. The van der Waals surface area contributed by atoms with Crippen LogP contribution in [0.15, 0.2) is 158 Å². The minimum Gasteiger partial charge on any atom is -0.0619 e. The second-order valence-corrected chi connectivity index (χ2v) is 16.0. The summed E-state index contributed by atoms with van der Waals surface area (Å²) < 4.78 is 0. The fourth-order valence-corrected chi connectivity index (χ4v) is 10.2. The van der Waals surface area contributed by atoms with Gasteiger partial charge in [0.2, 0.25) is 0 Å². The highest BCUT2D eigenvalue weighted by molar-refractivity contribution is 6.25. The molecule has 0 fully saturated rings. The first-order valence-corrected chi connectivity index (χ1v) is 18.6. The summed E-state index contributed by atoms with van der Waals surface area (Å²) in [4.78, 5) is 0. The molecule has 2 aliphatic carbocycles. The Hall–Kier alpha value is -5.98. The smallest absolute Gasteiger partial charge is 0.0165 e. The van der Waals surface area contributed by atoms with E-state index in [-0.39, 0.29) is 10.8 Å². The van der Waals surface area contributed by atoms with Gasteiger partial charge < -0.3 is 0 Å². The van der Waals surface area contributed by atoms with Gasteiger partial charge >= 0.3 is 0 Å². The Labute approximate surface area is 305 Å². The van der Waals surface area contributed by atoms with E-state index in [4.69, 9.17) is 0 Å². The molecule has 0 aliphatic heterocycles. The molecule has 2 aliphatic rings. The first kappa shape index (κ1) is 29.7. The van der Waals surface area contributed by atoms with Crippen LogP contribution < -0.4 is 0 Å². The van der Waals surface area contributed by atoms with Gasteiger partial charge in [-0.05, 0) is 128 Å². The van der Waals surface area contributed by atoms with E-state index in [9.17, 15) is 0 Å². The second kappa shape index (κ2) is 10.3. The van der Waals surface area contributed by atoms with Crippen LogP contribution in [0, 0.1) is 0 Å². The third-order valence-corrected chi connectivity index (χ3v) is 12.6. The van der Waals surface area contributed by atoms with Crippen molar-refractivity contribution in [3.05, 3.63) is 180 Å². The molecule has 0 radical (unpaired) electrons. The van der Waals surface area contributed by atoms with Crippen molar-refractivity contribution in [2.45, 2.75) is 38.5 Å². The van der Waals surface area contributed by atoms with Crippen LogP contribution in [0.4, 0.5) is 0 Å². The minimum absolute atomic E-state index is 0.105. The lowest BCUT2D eigenvalue weighted by Gasteiger charge is -2.27. The van der Waals surface area contributed by atoms with E-state index in [1.54, 1.807) is 0 Å². The quantitative estimate of drug-likeness (QED) is 0.162. The molecule has 0 heterocycles. The molecule has 0 atom stereocenters. The predicted octanol–water partition coefficient (Wildman–Crippen LogP) is 14.2. The Morgan fingerprint density at radius 2 is 0.769 bits per heavy atom. The summed E-state index contributed by atoms with van der Waals surface area (Å²) >= 11 is 0. The summed E-state index contributed by atoms with van der Waals surface area (Å²) in [6.07, 6.45) is 0. The highest BCUT2D eigenvalue weighted by Gasteiger charge is 2.39. The van der Waals surface area contributed by atoms with Crippen LogP contribution in [0.2, 0.25) is 0 Å². The van der Waals surface area contributed by atoms with Crippen molar-refractivity contribution >= 4 is 43.1 Å². The molecule has 9 aromatic rings. The van der Waals surface area contributed by atoms with Crippen molar-refractivity contribution in [2.24, 2.45) is 0 Å². The normalized spacial score (nSPS) is 14.8. The number of hydrogen-bond donors (Lipinski definition) is 0. The maximum Gasteiger partial charge on any atom is 0.0165 e. The molecule has 0 bridgehead atoms. The molecule has 52 heavy (non-hydrogen) atoms. The molecule has 9 aromatic carbocycles. The van der Waals surface area contributed by atoms with Crippen molar-refractivity contribution in [3.63, 3.8) is 0 Å². The van der Waals surface area contributed by atoms with Gasteiger partial charge in [-0.1, -0.05) is 167 Å². The Balaban J connectivity index is 1.25. The lowest BCUT2D eigenvalue weighted by Crippen LogP contribution is -2.16. The Morgan fingerprint density at radius 3 is 1.42 bits per heavy atom. The predicted molar refractivity (Wildman–Crippen MR) is 222 cm³/mol. The molecule has 0 spiro atoms. The van der Waals surface area contributed by atoms with E-state index in [2.05, 4.69) is 185 Å². The van der Waals surface area contributed by atoms with E-state index in [1.807, 2.05) is 0 Å². The number of benzene rings is 9. The molecule has 0 saturated carbocycles. The summed E-state index contributed by atoms with van der Waals surface area (Å²) in [5, 5.41) is 10.4. The molecule has 0 aromatic heterocycles. The summed E-state index contributed by atoms with van der Waals surface area (Å²) in [5.41, 5.74) is 16.1. The van der Waals surface area contributed by atoms with Gasteiger partial charge in [-0.2, -0.15) is 0 Å². The lowest BCUT2D eigenvalue weighted by molar-refractivity contribution is 0.661. The average Bonchev–Trinajstić information content (AvgIpc) is 3.55. The van der Waals surface area contributed by atoms with Crippen molar-refractivity contribution in [3.8, 4) is 44.5 Å². The van der Waals surface area contributed by atoms with Crippen LogP contribution >= 0.6 is 0 Å². The summed E-state index contributed by atoms with van der Waals surface area (Å²) in [6, 6.07) is 59.6. The van der Waals surface area contributed by atoms with Gasteiger partial charge in [-0.25, -0.2) is 0 Å². The van der Waals surface area contributed by atoms with Crippen molar-refractivity contribution in [2.75, 3.05) is 0 Å². The van der Waals surface area contributed by atoms with Gasteiger partial charge in [0.1, 0.15) is 0 Å². The molecule has 0 nitrogen and oxygen atoms in total. The van der Waals surface area contributed by atoms with Gasteiger partial charge in [0.15, 0.2) is 0 Å². The third-order valence-electron chi connectivity index (χ3n) is 12.6. The minimum atomic E-state index is -0.164. The molecule has 0 unspecified atom stereocenters. The molecule has 0 amide bonds. The SMILES string of the molecule is CC1(C)c2ccccc2-c2c1cc(-c1c3ccccc3c(-c3cccc4c3C(C)(C)c3cc5ccccc5cc3-4)c3ccccc13)c1ccccc21. The Bertz CT molecular complexity index is 2950. The van der Waals surface area contributed by atoms with Crippen LogP contribution in [-0.2, 0) is 10.8 Å². The maximum atomic E-state index is 2.54.